The zero-order valence-corrected chi connectivity index (χ0v) is 14.7. The monoisotopic (exact) mass is 349 g/mol. The van der Waals surface area contributed by atoms with E-state index in [-0.39, 0.29) is 21.9 Å². The van der Waals surface area contributed by atoms with E-state index in [1.54, 1.807) is 37.3 Å². The van der Waals surface area contributed by atoms with Crippen molar-refractivity contribution in [3.63, 3.8) is 0 Å². The molecule has 0 aliphatic carbocycles. The normalized spacial score (nSPS) is 11.0. The first-order valence-electron chi connectivity index (χ1n) is 7.15. The number of sulfonamides is 1. The Morgan fingerprint density at radius 2 is 1.79 bits per heavy atom. The molecular weight excluding hydrogens is 330 g/mol. The number of hydrogen-bond donors (Lipinski definition) is 1. The molecule has 0 spiro atoms. The molecule has 7 heteroatoms. The number of hydrogen-bond acceptors (Lipinski definition) is 5. The molecule has 0 saturated heterocycles. The summed E-state index contributed by atoms with van der Waals surface area (Å²) in [6.45, 7) is 3.56. The minimum Gasteiger partial charge on any atom is -0.495 e. The third kappa shape index (κ3) is 3.68. The summed E-state index contributed by atoms with van der Waals surface area (Å²) in [6, 6.07) is 9.51. The molecule has 2 aromatic carbocycles. The average molecular weight is 349 g/mol. The molecule has 0 aliphatic heterocycles. The van der Waals surface area contributed by atoms with Crippen molar-refractivity contribution in [3.05, 3.63) is 53.1 Å². The number of rotatable bonds is 5. The number of methoxy groups -OCH3 is 2. The second-order valence-electron chi connectivity index (χ2n) is 5.29. The van der Waals surface area contributed by atoms with E-state index in [9.17, 15) is 13.2 Å². The van der Waals surface area contributed by atoms with Crippen molar-refractivity contribution in [1.29, 1.82) is 0 Å². The second kappa shape index (κ2) is 6.92. The van der Waals surface area contributed by atoms with Gasteiger partial charge in [0.15, 0.2) is 0 Å². The molecule has 6 nitrogen and oxygen atoms in total. The average Bonchev–Trinajstić information content (AvgIpc) is 2.52. The molecule has 0 bridgehead atoms. The predicted octanol–water partition coefficient (Wildman–Crippen LogP) is 2.90. The van der Waals surface area contributed by atoms with Crippen LogP contribution in [0.5, 0.6) is 5.75 Å². The molecule has 1 N–H and O–H groups in total. The van der Waals surface area contributed by atoms with Crippen molar-refractivity contribution in [1.82, 2.24) is 0 Å². The Hall–Kier alpha value is -2.54. The number of benzene rings is 2. The van der Waals surface area contributed by atoms with Gasteiger partial charge in [-0.3, -0.25) is 4.72 Å². The largest absolute Gasteiger partial charge is 0.495 e. The smallest absolute Gasteiger partial charge is 0.337 e. The van der Waals surface area contributed by atoms with Crippen LogP contribution < -0.4 is 9.46 Å². The number of nitrogens with one attached hydrogen (secondary N) is 1. The second-order valence-corrected chi connectivity index (χ2v) is 6.91. The van der Waals surface area contributed by atoms with Crippen molar-refractivity contribution in [2.75, 3.05) is 18.9 Å². The van der Waals surface area contributed by atoms with Gasteiger partial charge < -0.3 is 9.47 Å². The summed E-state index contributed by atoms with van der Waals surface area (Å²) >= 11 is 0. The van der Waals surface area contributed by atoms with Crippen LogP contribution >= 0.6 is 0 Å². The van der Waals surface area contributed by atoms with Crippen molar-refractivity contribution in [2.45, 2.75) is 18.7 Å². The number of carbonyl (C=O) groups is 1. The number of aryl methyl sites for hydroxylation is 2. The predicted molar refractivity (Wildman–Crippen MR) is 91.1 cm³/mol. The lowest BCUT2D eigenvalue weighted by Gasteiger charge is -2.15. The molecule has 128 valence electrons. The number of ether oxygens (including phenoxy) is 2. The maximum absolute atomic E-state index is 12.8. The Kier molecular flexibility index (Phi) is 5.14. The fraction of sp³-hybridized carbons (Fsp3) is 0.235. The van der Waals surface area contributed by atoms with E-state index in [0.29, 0.717) is 5.56 Å². The lowest BCUT2D eigenvalue weighted by molar-refractivity contribution is 0.0601. The zero-order valence-electron chi connectivity index (χ0n) is 13.9. The van der Waals surface area contributed by atoms with Gasteiger partial charge in [-0.05, 0) is 49.2 Å². The Bertz CT molecular complexity index is 875. The van der Waals surface area contributed by atoms with Crippen molar-refractivity contribution in [2.24, 2.45) is 0 Å². The van der Waals surface area contributed by atoms with Gasteiger partial charge in [-0.25, -0.2) is 13.2 Å². The molecule has 24 heavy (non-hydrogen) atoms. The molecule has 0 unspecified atom stereocenters. The standard InChI is InChI=1S/C17H19NO5S/c1-11-8-12(2)16(15(9-11)22-3)24(20,21)18-14-7-5-6-13(10-14)17(19)23-4/h5-10,18H,1-4H3. The first-order chi connectivity index (χ1) is 11.3. The molecule has 0 aromatic heterocycles. The first kappa shape index (κ1) is 17.8. The lowest BCUT2D eigenvalue weighted by Crippen LogP contribution is -2.16. The fourth-order valence-electron chi connectivity index (χ4n) is 2.45. The van der Waals surface area contributed by atoms with Gasteiger partial charge in [0.25, 0.3) is 10.0 Å². The highest BCUT2D eigenvalue weighted by Crippen LogP contribution is 2.30. The van der Waals surface area contributed by atoms with Crippen LogP contribution in [0.25, 0.3) is 0 Å². The summed E-state index contributed by atoms with van der Waals surface area (Å²) in [5.74, 6) is -0.274. The lowest BCUT2D eigenvalue weighted by atomic mass is 10.1. The van der Waals surface area contributed by atoms with Crippen LogP contribution in [0.3, 0.4) is 0 Å². The molecule has 0 radical (unpaired) electrons. The van der Waals surface area contributed by atoms with Gasteiger partial charge in [-0.15, -0.1) is 0 Å². The van der Waals surface area contributed by atoms with E-state index in [4.69, 9.17) is 4.74 Å². The Balaban J connectivity index is 2.45. The van der Waals surface area contributed by atoms with Crippen LogP contribution in [0.2, 0.25) is 0 Å². The van der Waals surface area contributed by atoms with Gasteiger partial charge in [0.05, 0.1) is 19.8 Å². The van der Waals surface area contributed by atoms with Crippen LogP contribution in [0.4, 0.5) is 5.69 Å². The highest BCUT2D eigenvalue weighted by Gasteiger charge is 2.23. The van der Waals surface area contributed by atoms with Crippen LogP contribution in [0.1, 0.15) is 21.5 Å². The first-order valence-corrected chi connectivity index (χ1v) is 8.63. The van der Waals surface area contributed by atoms with Crippen molar-refractivity contribution < 1.29 is 22.7 Å². The molecule has 0 heterocycles. The molecule has 0 amide bonds. The number of anilines is 1. The molecule has 0 atom stereocenters. The van der Waals surface area contributed by atoms with E-state index in [2.05, 4.69) is 9.46 Å². The number of esters is 1. The molecular formula is C17H19NO5S. The minimum absolute atomic E-state index is 0.0686. The van der Waals surface area contributed by atoms with Gasteiger partial charge in [-0.1, -0.05) is 12.1 Å². The highest BCUT2D eigenvalue weighted by atomic mass is 32.2. The van der Waals surface area contributed by atoms with Crippen LogP contribution in [0.15, 0.2) is 41.3 Å². The Morgan fingerprint density at radius 1 is 1.08 bits per heavy atom. The maximum atomic E-state index is 12.8. The molecule has 2 rings (SSSR count). The quantitative estimate of drug-likeness (QED) is 0.840. The zero-order chi connectivity index (χ0) is 17.9. The van der Waals surface area contributed by atoms with E-state index in [1.165, 1.54) is 20.3 Å². The SMILES string of the molecule is COC(=O)c1cccc(NS(=O)(=O)c2c(C)cc(C)cc2OC)c1. The van der Waals surface area contributed by atoms with E-state index in [0.717, 1.165) is 5.56 Å². The Labute approximate surface area is 141 Å². The van der Waals surface area contributed by atoms with Gasteiger partial charge in [0.1, 0.15) is 10.6 Å². The fourth-order valence-corrected chi connectivity index (χ4v) is 3.87. The molecule has 0 saturated carbocycles. The van der Waals surface area contributed by atoms with Gasteiger partial charge >= 0.3 is 5.97 Å². The summed E-state index contributed by atoms with van der Waals surface area (Å²) < 4.78 is 37.8. The third-order valence-corrected chi connectivity index (χ3v) is 4.97. The van der Waals surface area contributed by atoms with Gasteiger partial charge in [-0.2, -0.15) is 0 Å². The van der Waals surface area contributed by atoms with Crippen LogP contribution in [-0.4, -0.2) is 28.6 Å². The molecule has 2 aromatic rings. The highest BCUT2D eigenvalue weighted by molar-refractivity contribution is 7.92. The van der Waals surface area contributed by atoms with Crippen molar-refractivity contribution in [3.8, 4) is 5.75 Å². The van der Waals surface area contributed by atoms with E-state index >= 15 is 0 Å². The minimum atomic E-state index is -3.88. The summed E-state index contributed by atoms with van der Waals surface area (Å²) in [4.78, 5) is 11.6. The summed E-state index contributed by atoms with van der Waals surface area (Å²) in [5.41, 5.74) is 1.99. The Morgan fingerprint density at radius 3 is 2.42 bits per heavy atom. The topological polar surface area (TPSA) is 81.7 Å². The summed E-state index contributed by atoms with van der Waals surface area (Å²) in [7, 11) is -1.19. The van der Waals surface area contributed by atoms with Gasteiger partial charge in [0.2, 0.25) is 0 Å². The van der Waals surface area contributed by atoms with E-state index in [1.807, 2.05) is 6.92 Å². The summed E-state index contributed by atoms with van der Waals surface area (Å²) in [5, 5.41) is 0. The third-order valence-electron chi connectivity index (χ3n) is 3.41. The molecule has 0 aliphatic rings. The van der Waals surface area contributed by atoms with Crippen LogP contribution in [0, 0.1) is 13.8 Å². The van der Waals surface area contributed by atoms with Crippen LogP contribution in [-0.2, 0) is 14.8 Å². The van der Waals surface area contributed by atoms with E-state index < -0.39 is 16.0 Å². The van der Waals surface area contributed by atoms with Crippen molar-refractivity contribution >= 4 is 21.7 Å². The number of carbonyl (C=O) groups excluding carboxylic acids is 1. The maximum Gasteiger partial charge on any atom is 0.337 e. The van der Waals surface area contributed by atoms with Gasteiger partial charge in [0, 0.05) is 5.69 Å². The molecule has 0 fully saturated rings. The summed E-state index contributed by atoms with van der Waals surface area (Å²) in [6.07, 6.45) is 0.